The van der Waals surface area contributed by atoms with Crippen LogP contribution in [0.4, 0.5) is 0 Å². The van der Waals surface area contributed by atoms with Crippen molar-refractivity contribution in [2.75, 3.05) is 47.5 Å². The monoisotopic (exact) mass is 1360 g/mol. The maximum Gasteiger partial charge on any atom is 0.306 e. The number of esters is 2. The van der Waals surface area contributed by atoms with Gasteiger partial charge in [-0.3, -0.25) is 9.59 Å². The number of hydrogen-bond donors (Lipinski definition) is 0. The molecule has 0 heterocycles. The van der Waals surface area contributed by atoms with Crippen molar-refractivity contribution >= 4 is 17.9 Å². The normalized spacial score (nSPS) is 12.6. The summed E-state index contributed by atoms with van der Waals surface area (Å²) in [4.78, 5) is 37.7. The Hall–Kier alpha value is -1.97. The molecule has 0 amide bonds. The Bertz CT molecular complexity index is 1580. The van der Waals surface area contributed by atoms with Crippen LogP contribution in [0.3, 0.4) is 0 Å². The van der Waals surface area contributed by atoms with Crippen molar-refractivity contribution in [1.82, 2.24) is 0 Å². The molecule has 0 N–H and O–H groups in total. The summed E-state index contributed by atoms with van der Waals surface area (Å²) in [6.07, 6.45) is 96.6. The number of quaternary nitrogens is 1. The standard InChI is InChI=1S/C87H169NO8/c1-6-8-10-12-14-16-18-20-22-24-26-28-30-32-34-36-38-40-42-43-44-46-48-50-52-54-56-58-60-62-64-66-68-70-72-74-76-78-85(90)96-83(82-95-87(86(91)92)93-80-79-88(3,4)5)81-94-84(89)77-75-73-71-69-67-65-63-61-59-57-55-53-51-49-47-45-41-39-37-35-33-31-29-27-25-23-21-19-17-15-13-11-9-7-2/h24,26,83,87H,6-23,25,27-82H2,1-5H3/b26-24-. The molecule has 2 unspecified atom stereocenters. The molecule has 0 aliphatic carbocycles. The number of rotatable bonds is 83. The summed E-state index contributed by atoms with van der Waals surface area (Å²) in [5.74, 6) is -2.24. The highest BCUT2D eigenvalue weighted by atomic mass is 16.7. The van der Waals surface area contributed by atoms with Gasteiger partial charge in [0, 0.05) is 12.8 Å². The molecule has 570 valence electrons. The van der Waals surface area contributed by atoms with Crippen LogP contribution < -0.4 is 5.11 Å². The van der Waals surface area contributed by atoms with Gasteiger partial charge in [-0.05, 0) is 38.5 Å². The first-order valence-corrected chi connectivity index (χ1v) is 43.3. The summed E-state index contributed by atoms with van der Waals surface area (Å²) >= 11 is 0. The van der Waals surface area contributed by atoms with E-state index in [1.54, 1.807) is 0 Å². The second kappa shape index (κ2) is 78.7. The fourth-order valence-electron chi connectivity index (χ4n) is 13.7. The predicted octanol–water partition coefficient (Wildman–Crippen LogP) is 26.5. The zero-order valence-electron chi connectivity index (χ0n) is 65.6. The van der Waals surface area contributed by atoms with E-state index in [0.717, 1.165) is 38.5 Å². The molecule has 0 radical (unpaired) electrons. The van der Waals surface area contributed by atoms with Gasteiger partial charge in [-0.25, -0.2) is 0 Å². The summed E-state index contributed by atoms with van der Waals surface area (Å²) in [6, 6.07) is 0. The van der Waals surface area contributed by atoms with E-state index in [4.69, 9.17) is 18.9 Å². The SMILES string of the molecule is CCCCCCCCCC/C=C\CCCCCCCCCCCCCCCCCCCCCCCCCCCC(=O)OC(COC(=O)CCCCCCCCCCCCCCCCCCCCCCCCCCCCCCCCCCCC)COC(OCC[N+](C)(C)C)C(=O)[O-]. The van der Waals surface area contributed by atoms with Gasteiger partial charge in [0.15, 0.2) is 12.4 Å². The van der Waals surface area contributed by atoms with E-state index in [-0.39, 0.29) is 32.2 Å². The minimum Gasteiger partial charge on any atom is -0.545 e. The molecule has 0 saturated heterocycles. The second-order valence-electron chi connectivity index (χ2n) is 31.2. The lowest BCUT2D eigenvalue weighted by Gasteiger charge is -2.26. The minimum absolute atomic E-state index is 0.153. The van der Waals surface area contributed by atoms with E-state index in [2.05, 4.69) is 26.0 Å². The quantitative estimate of drug-likeness (QED) is 0.0195. The van der Waals surface area contributed by atoms with Gasteiger partial charge >= 0.3 is 11.9 Å². The number of nitrogens with zero attached hydrogens (tertiary/aromatic N) is 1. The molecule has 0 aliphatic rings. The molecule has 0 bridgehead atoms. The van der Waals surface area contributed by atoms with Gasteiger partial charge in [0.1, 0.15) is 13.2 Å². The molecule has 2 atom stereocenters. The van der Waals surface area contributed by atoms with Crippen molar-refractivity contribution in [1.29, 1.82) is 0 Å². The number of ether oxygens (including phenoxy) is 4. The first-order chi connectivity index (χ1) is 47.1. The van der Waals surface area contributed by atoms with Crippen LogP contribution in [0.1, 0.15) is 470 Å². The lowest BCUT2D eigenvalue weighted by molar-refractivity contribution is -0.870. The van der Waals surface area contributed by atoms with Gasteiger partial charge in [-0.2, -0.15) is 0 Å². The molecular formula is C87H169NO8. The Balaban J connectivity index is 3.91. The fraction of sp³-hybridized carbons (Fsp3) is 0.943. The molecule has 0 aromatic heterocycles. The number of allylic oxidation sites excluding steroid dienone is 2. The van der Waals surface area contributed by atoms with Crippen LogP contribution in [-0.4, -0.2) is 82.3 Å². The van der Waals surface area contributed by atoms with Crippen molar-refractivity contribution in [3.8, 4) is 0 Å². The van der Waals surface area contributed by atoms with Crippen LogP contribution in [0.25, 0.3) is 0 Å². The van der Waals surface area contributed by atoms with E-state index >= 15 is 0 Å². The largest absolute Gasteiger partial charge is 0.545 e. The van der Waals surface area contributed by atoms with Gasteiger partial charge in [0.25, 0.3) is 0 Å². The van der Waals surface area contributed by atoms with E-state index in [9.17, 15) is 19.5 Å². The van der Waals surface area contributed by atoms with Crippen LogP contribution in [0.15, 0.2) is 12.2 Å². The van der Waals surface area contributed by atoms with Gasteiger partial charge in [-0.1, -0.05) is 431 Å². The first-order valence-electron chi connectivity index (χ1n) is 43.3. The van der Waals surface area contributed by atoms with E-state index < -0.39 is 24.3 Å². The van der Waals surface area contributed by atoms with Gasteiger partial charge in [-0.15, -0.1) is 0 Å². The second-order valence-corrected chi connectivity index (χ2v) is 31.2. The lowest BCUT2D eigenvalue weighted by atomic mass is 10.0. The molecule has 0 rings (SSSR count). The highest BCUT2D eigenvalue weighted by molar-refractivity contribution is 5.70. The van der Waals surface area contributed by atoms with Crippen molar-refractivity contribution in [3.05, 3.63) is 12.2 Å². The van der Waals surface area contributed by atoms with Crippen LogP contribution in [0.2, 0.25) is 0 Å². The number of carboxylic acids is 1. The third-order valence-electron chi connectivity index (χ3n) is 20.3. The number of carbonyl (C=O) groups is 3. The van der Waals surface area contributed by atoms with E-state index in [1.165, 1.54) is 405 Å². The Labute approximate surface area is 599 Å². The summed E-state index contributed by atoms with van der Waals surface area (Å²) in [5.41, 5.74) is 0. The fourth-order valence-corrected chi connectivity index (χ4v) is 13.7. The van der Waals surface area contributed by atoms with Crippen LogP contribution >= 0.6 is 0 Å². The van der Waals surface area contributed by atoms with Crippen molar-refractivity contribution in [2.45, 2.75) is 482 Å². The van der Waals surface area contributed by atoms with Gasteiger partial charge in [0.2, 0.25) is 0 Å². The summed E-state index contributed by atoms with van der Waals surface area (Å²) in [5, 5.41) is 11.9. The third-order valence-corrected chi connectivity index (χ3v) is 20.3. The highest BCUT2D eigenvalue weighted by Gasteiger charge is 2.22. The smallest absolute Gasteiger partial charge is 0.306 e. The molecule has 0 fully saturated rings. The maximum atomic E-state index is 13.0. The number of likely N-dealkylation sites (N-methyl/N-ethyl adjacent to an activating group) is 1. The topological polar surface area (TPSA) is 111 Å². The van der Waals surface area contributed by atoms with Crippen LogP contribution in [-0.2, 0) is 33.3 Å². The zero-order valence-corrected chi connectivity index (χ0v) is 65.6. The summed E-state index contributed by atoms with van der Waals surface area (Å²) in [6.45, 7) is 4.85. The predicted molar refractivity (Wildman–Crippen MR) is 413 cm³/mol. The first kappa shape index (κ1) is 94.0. The van der Waals surface area contributed by atoms with Crippen molar-refractivity contribution < 1.29 is 42.9 Å². The molecule has 0 aliphatic heterocycles. The van der Waals surface area contributed by atoms with Gasteiger partial charge < -0.3 is 33.3 Å². The molecule has 0 spiro atoms. The summed E-state index contributed by atoms with van der Waals surface area (Å²) in [7, 11) is 5.96. The Morgan fingerprint density at radius 2 is 0.531 bits per heavy atom. The van der Waals surface area contributed by atoms with Crippen molar-refractivity contribution in [3.63, 3.8) is 0 Å². The number of hydrogen-bond acceptors (Lipinski definition) is 8. The molecular weight excluding hydrogens is 1190 g/mol. The minimum atomic E-state index is -1.62. The maximum absolute atomic E-state index is 13.0. The molecule has 0 aromatic carbocycles. The molecule has 0 aromatic rings. The van der Waals surface area contributed by atoms with Crippen LogP contribution in [0.5, 0.6) is 0 Å². The Kier molecular flexibility index (Phi) is 77.1. The Morgan fingerprint density at radius 3 is 0.771 bits per heavy atom. The number of unbranched alkanes of at least 4 members (excludes halogenated alkanes) is 66. The van der Waals surface area contributed by atoms with Gasteiger partial charge in [0.05, 0.1) is 40.3 Å². The number of carboxylic acid groups (broad SMARTS) is 1. The lowest BCUT2D eigenvalue weighted by Crippen LogP contribution is -2.44. The summed E-state index contributed by atoms with van der Waals surface area (Å²) < 4.78 is 22.9. The third kappa shape index (κ3) is 79.4. The molecule has 0 saturated carbocycles. The molecule has 9 nitrogen and oxygen atoms in total. The molecule has 96 heavy (non-hydrogen) atoms. The van der Waals surface area contributed by atoms with E-state index in [0.29, 0.717) is 17.4 Å². The zero-order chi connectivity index (χ0) is 69.7. The van der Waals surface area contributed by atoms with Crippen molar-refractivity contribution in [2.24, 2.45) is 0 Å². The number of aliphatic carboxylic acids is 1. The Morgan fingerprint density at radius 1 is 0.302 bits per heavy atom. The van der Waals surface area contributed by atoms with E-state index in [1.807, 2.05) is 21.1 Å². The molecule has 9 heteroatoms. The average Bonchev–Trinajstić information content (AvgIpc) is 2.74. The van der Waals surface area contributed by atoms with Crippen LogP contribution in [0, 0.1) is 0 Å². The number of carbonyl (C=O) groups excluding carboxylic acids is 3. The average molecular weight is 1360 g/mol. The highest BCUT2D eigenvalue weighted by Crippen LogP contribution is 2.21.